The molecule has 1 aliphatic rings. The number of benzene rings is 2. The van der Waals surface area contributed by atoms with Crippen LogP contribution in [-0.4, -0.2) is 40.4 Å². The molecule has 2 heterocycles. The molecule has 136 valence electrons. The molecule has 0 atom stereocenters. The lowest BCUT2D eigenvalue weighted by Crippen LogP contribution is -2.46. The molecule has 0 saturated carbocycles. The van der Waals surface area contributed by atoms with Crippen molar-refractivity contribution < 1.29 is 13.9 Å². The standard InChI is InChI=1S/C20H21FN2O2S/c1-24-17-7-8-18(25-2)20-16(17)13-19(26-20)23-11-9-22(10-12-23)15-5-3-14(21)4-6-15/h3-8,13H,9-12H2,1-2H3. The molecule has 0 N–H and O–H groups in total. The normalized spacial score (nSPS) is 14.7. The number of rotatable bonds is 4. The van der Waals surface area contributed by atoms with Gasteiger partial charge < -0.3 is 19.3 Å². The zero-order valence-corrected chi connectivity index (χ0v) is 15.7. The minimum Gasteiger partial charge on any atom is -0.496 e. The van der Waals surface area contributed by atoms with Crippen molar-refractivity contribution in [2.24, 2.45) is 0 Å². The number of nitrogens with zero attached hydrogens (tertiary/aromatic N) is 2. The summed E-state index contributed by atoms with van der Waals surface area (Å²) < 4.78 is 25.2. The van der Waals surface area contributed by atoms with Crippen LogP contribution in [0.25, 0.3) is 10.1 Å². The predicted octanol–water partition coefficient (Wildman–Crippen LogP) is 4.38. The summed E-state index contributed by atoms with van der Waals surface area (Å²) in [6.07, 6.45) is 0. The molecular weight excluding hydrogens is 351 g/mol. The Hall–Kier alpha value is -2.47. The Bertz CT molecular complexity index is 861. The third-order valence-electron chi connectivity index (χ3n) is 4.82. The maximum Gasteiger partial charge on any atom is 0.137 e. The molecule has 0 unspecified atom stereocenters. The number of thiophene rings is 1. The lowest BCUT2D eigenvalue weighted by atomic mass is 10.2. The van der Waals surface area contributed by atoms with E-state index in [1.807, 2.05) is 24.3 Å². The Balaban J connectivity index is 1.55. The molecule has 0 spiro atoms. The summed E-state index contributed by atoms with van der Waals surface area (Å²) in [4.78, 5) is 4.69. The maximum absolute atomic E-state index is 13.1. The Morgan fingerprint density at radius 2 is 1.46 bits per heavy atom. The van der Waals surface area contributed by atoms with Gasteiger partial charge in [0, 0.05) is 37.3 Å². The molecule has 0 bridgehead atoms. The summed E-state index contributed by atoms with van der Waals surface area (Å²) in [5, 5.41) is 2.31. The van der Waals surface area contributed by atoms with Crippen molar-refractivity contribution in [3.05, 3.63) is 48.3 Å². The van der Waals surface area contributed by atoms with E-state index < -0.39 is 0 Å². The zero-order valence-electron chi connectivity index (χ0n) is 14.9. The van der Waals surface area contributed by atoms with Crippen molar-refractivity contribution in [2.75, 3.05) is 50.2 Å². The second-order valence-corrected chi connectivity index (χ2v) is 7.28. The van der Waals surface area contributed by atoms with Crippen LogP contribution in [0.4, 0.5) is 15.1 Å². The number of halogens is 1. The number of ether oxygens (including phenoxy) is 2. The molecule has 3 aromatic rings. The fourth-order valence-electron chi connectivity index (χ4n) is 3.39. The fourth-order valence-corrected chi connectivity index (χ4v) is 4.61. The molecule has 0 amide bonds. The van der Waals surface area contributed by atoms with E-state index in [1.54, 1.807) is 25.6 Å². The second kappa shape index (κ2) is 7.03. The molecule has 1 aromatic heterocycles. The molecule has 0 radical (unpaired) electrons. The molecular formula is C20H21FN2O2S. The van der Waals surface area contributed by atoms with Gasteiger partial charge in [0.2, 0.25) is 0 Å². The summed E-state index contributed by atoms with van der Waals surface area (Å²) in [5.41, 5.74) is 1.07. The van der Waals surface area contributed by atoms with E-state index in [-0.39, 0.29) is 5.82 Å². The Morgan fingerprint density at radius 1 is 0.846 bits per heavy atom. The minimum absolute atomic E-state index is 0.194. The van der Waals surface area contributed by atoms with Crippen molar-refractivity contribution in [3.63, 3.8) is 0 Å². The summed E-state index contributed by atoms with van der Waals surface area (Å²) in [6, 6.07) is 12.8. The van der Waals surface area contributed by atoms with E-state index in [9.17, 15) is 4.39 Å². The maximum atomic E-state index is 13.1. The quantitative estimate of drug-likeness (QED) is 0.678. The van der Waals surface area contributed by atoms with E-state index in [0.29, 0.717) is 0 Å². The highest BCUT2D eigenvalue weighted by molar-refractivity contribution is 7.23. The SMILES string of the molecule is COc1ccc(OC)c2sc(N3CCN(c4ccc(F)cc4)CC3)cc12. The molecule has 1 fully saturated rings. The van der Waals surface area contributed by atoms with Crippen LogP contribution in [0.2, 0.25) is 0 Å². The van der Waals surface area contributed by atoms with E-state index >= 15 is 0 Å². The van der Waals surface area contributed by atoms with E-state index in [1.165, 1.54) is 17.1 Å². The minimum atomic E-state index is -0.194. The lowest BCUT2D eigenvalue weighted by Gasteiger charge is -2.36. The predicted molar refractivity (Wildman–Crippen MR) is 106 cm³/mol. The van der Waals surface area contributed by atoms with Crippen LogP contribution in [0, 0.1) is 5.82 Å². The van der Waals surface area contributed by atoms with E-state index in [2.05, 4.69) is 15.9 Å². The number of anilines is 2. The van der Waals surface area contributed by atoms with Gasteiger partial charge in [-0.1, -0.05) is 0 Å². The van der Waals surface area contributed by atoms with Crippen molar-refractivity contribution in [3.8, 4) is 11.5 Å². The molecule has 1 saturated heterocycles. The van der Waals surface area contributed by atoms with Gasteiger partial charge in [0.15, 0.2) is 0 Å². The monoisotopic (exact) mass is 372 g/mol. The first-order valence-corrected chi connectivity index (χ1v) is 9.41. The largest absolute Gasteiger partial charge is 0.496 e. The Labute approximate surface area is 156 Å². The molecule has 2 aromatic carbocycles. The van der Waals surface area contributed by atoms with Gasteiger partial charge in [0.05, 0.1) is 23.9 Å². The highest BCUT2D eigenvalue weighted by Crippen LogP contribution is 2.43. The lowest BCUT2D eigenvalue weighted by molar-refractivity contribution is 0.411. The molecule has 0 aliphatic carbocycles. The number of methoxy groups -OCH3 is 2. The smallest absolute Gasteiger partial charge is 0.137 e. The van der Waals surface area contributed by atoms with Gasteiger partial charge >= 0.3 is 0 Å². The molecule has 4 nitrogen and oxygen atoms in total. The van der Waals surface area contributed by atoms with Crippen LogP contribution < -0.4 is 19.3 Å². The van der Waals surface area contributed by atoms with Gasteiger partial charge in [-0.2, -0.15) is 0 Å². The zero-order chi connectivity index (χ0) is 18.1. The second-order valence-electron chi connectivity index (χ2n) is 6.25. The summed E-state index contributed by atoms with van der Waals surface area (Å²) in [7, 11) is 3.39. The molecule has 26 heavy (non-hydrogen) atoms. The Morgan fingerprint density at radius 3 is 2.12 bits per heavy atom. The van der Waals surface area contributed by atoms with Crippen molar-refractivity contribution in [1.82, 2.24) is 0 Å². The van der Waals surface area contributed by atoms with Crippen molar-refractivity contribution in [2.45, 2.75) is 0 Å². The number of hydrogen-bond donors (Lipinski definition) is 0. The Kier molecular flexibility index (Phi) is 4.59. The number of fused-ring (bicyclic) bond motifs is 1. The molecule has 4 rings (SSSR count). The van der Waals surface area contributed by atoms with Crippen LogP contribution in [-0.2, 0) is 0 Å². The molecule has 1 aliphatic heterocycles. The summed E-state index contributed by atoms with van der Waals surface area (Å²) in [6.45, 7) is 3.67. The first kappa shape index (κ1) is 17.0. The average molecular weight is 372 g/mol. The number of hydrogen-bond acceptors (Lipinski definition) is 5. The van der Waals surface area contributed by atoms with Crippen LogP contribution in [0.15, 0.2) is 42.5 Å². The highest BCUT2D eigenvalue weighted by atomic mass is 32.1. The van der Waals surface area contributed by atoms with Gasteiger partial charge in [-0.05, 0) is 42.5 Å². The van der Waals surface area contributed by atoms with Crippen LogP contribution in [0.1, 0.15) is 0 Å². The fraction of sp³-hybridized carbons (Fsp3) is 0.300. The van der Waals surface area contributed by atoms with Crippen LogP contribution in [0.5, 0.6) is 11.5 Å². The molecule has 6 heteroatoms. The van der Waals surface area contributed by atoms with Crippen LogP contribution >= 0.6 is 11.3 Å². The average Bonchev–Trinajstić information content (AvgIpc) is 3.13. The third kappa shape index (κ3) is 3.05. The van der Waals surface area contributed by atoms with Gasteiger partial charge in [0.1, 0.15) is 17.3 Å². The first-order chi connectivity index (χ1) is 12.7. The van der Waals surface area contributed by atoms with Crippen molar-refractivity contribution >= 4 is 32.1 Å². The van der Waals surface area contributed by atoms with E-state index in [4.69, 9.17) is 9.47 Å². The number of piperazine rings is 1. The third-order valence-corrected chi connectivity index (χ3v) is 6.03. The van der Waals surface area contributed by atoms with Gasteiger partial charge in [-0.25, -0.2) is 4.39 Å². The first-order valence-electron chi connectivity index (χ1n) is 8.59. The highest BCUT2D eigenvalue weighted by Gasteiger charge is 2.21. The van der Waals surface area contributed by atoms with Crippen molar-refractivity contribution in [1.29, 1.82) is 0 Å². The van der Waals surface area contributed by atoms with E-state index in [0.717, 1.165) is 53.5 Å². The van der Waals surface area contributed by atoms with Gasteiger partial charge in [0.25, 0.3) is 0 Å². The summed E-state index contributed by atoms with van der Waals surface area (Å²) >= 11 is 1.74. The van der Waals surface area contributed by atoms with Gasteiger partial charge in [-0.3, -0.25) is 0 Å². The van der Waals surface area contributed by atoms with Gasteiger partial charge in [-0.15, -0.1) is 11.3 Å². The summed E-state index contributed by atoms with van der Waals surface area (Å²) in [5.74, 6) is 1.55. The topological polar surface area (TPSA) is 24.9 Å². The van der Waals surface area contributed by atoms with Crippen LogP contribution in [0.3, 0.4) is 0 Å².